The van der Waals surface area contributed by atoms with Crippen LogP contribution in [0, 0.1) is 0 Å². The van der Waals surface area contributed by atoms with Crippen molar-refractivity contribution in [2.75, 3.05) is 19.7 Å². The molecule has 3 aromatic rings. The maximum absolute atomic E-state index is 12.6. The van der Waals surface area contributed by atoms with Gasteiger partial charge in [-0.1, -0.05) is 42.5 Å². The summed E-state index contributed by atoms with van der Waals surface area (Å²) >= 11 is 1.55. The summed E-state index contributed by atoms with van der Waals surface area (Å²) in [6.07, 6.45) is 1.30. The topological polar surface area (TPSA) is 54.5 Å². The first kappa shape index (κ1) is 20.6. The molecule has 0 spiro atoms. The van der Waals surface area contributed by atoms with Gasteiger partial charge in [-0.15, -0.1) is 11.3 Å². The second kappa shape index (κ2) is 9.87. The van der Waals surface area contributed by atoms with Crippen LogP contribution in [0.2, 0.25) is 0 Å². The van der Waals surface area contributed by atoms with Crippen LogP contribution in [0.4, 0.5) is 0 Å². The maximum Gasteiger partial charge on any atom is 0.226 e. The van der Waals surface area contributed by atoms with Crippen LogP contribution in [0.25, 0.3) is 10.6 Å². The summed E-state index contributed by atoms with van der Waals surface area (Å²) in [4.78, 5) is 19.6. The number of hydrogen-bond donors (Lipinski definition) is 1. The highest BCUT2D eigenvalue weighted by Crippen LogP contribution is 2.32. The number of rotatable bonds is 8. The predicted octanol–water partition coefficient (Wildman–Crippen LogP) is 4.14. The Morgan fingerprint density at radius 3 is 2.83 bits per heavy atom. The number of ether oxygens (including phenoxy) is 1. The number of hydrogen-bond acceptors (Lipinski definition) is 5. The van der Waals surface area contributed by atoms with Crippen molar-refractivity contribution < 1.29 is 9.53 Å². The Balaban J connectivity index is 1.30. The zero-order valence-corrected chi connectivity index (χ0v) is 18.0. The van der Waals surface area contributed by atoms with Gasteiger partial charge in [0.25, 0.3) is 0 Å². The number of nitrogens with one attached hydrogen (secondary N) is 1. The van der Waals surface area contributed by atoms with Crippen molar-refractivity contribution in [1.29, 1.82) is 0 Å². The molecule has 0 aliphatic carbocycles. The number of likely N-dealkylation sites (tertiary alicyclic amines) is 1. The summed E-state index contributed by atoms with van der Waals surface area (Å²) in [5, 5.41) is 6.04. The number of para-hydroxylation sites is 1. The summed E-state index contributed by atoms with van der Waals surface area (Å²) in [6, 6.07) is 18.6. The molecule has 4 rings (SSSR count). The third-order valence-corrected chi connectivity index (χ3v) is 6.12. The SMILES string of the molecule is CCOc1ccccc1-c1nc(CC(=O)N[C@H]2CCN(Cc3ccccc3)C2)cs1. The van der Waals surface area contributed by atoms with E-state index < -0.39 is 0 Å². The minimum atomic E-state index is 0.0384. The van der Waals surface area contributed by atoms with Crippen molar-refractivity contribution in [3.63, 3.8) is 0 Å². The largest absolute Gasteiger partial charge is 0.493 e. The van der Waals surface area contributed by atoms with Gasteiger partial charge in [0.05, 0.1) is 24.3 Å². The lowest BCUT2D eigenvalue weighted by Gasteiger charge is -2.16. The van der Waals surface area contributed by atoms with Gasteiger partial charge >= 0.3 is 0 Å². The van der Waals surface area contributed by atoms with E-state index in [2.05, 4.69) is 39.5 Å². The van der Waals surface area contributed by atoms with Gasteiger partial charge in [-0.25, -0.2) is 4.98 Å². The molecular weight excluding hydrogens is 394 g/mol. The molecule has 0 saturated carbocycles. The van der Waals surface area contributed by atoms with Crippen LogP contribution in [-0.4, -0.2) is 41.5 Å². The summed E-state index contributed by atoms with van der Waals surface area (Å²) in [5.41, 5.74) is 3.09. The molecule has 0 bridgehead atoms. The van der Waals surface area contributed by atoms with E-state index in [4.69, 9.17) is 4.74 Å². The Morgan fingerprint density at radius 1 is 1.20 bits per heavy atom. The monoisotopic (exact) mass is 421 g/mol. The maximum atomic E-state index is 12.6. The van der Waals surface area contributed by atoms with E-state index in [9.17, 15) is 4.79 Å². The number of nitrogens with zero attached hydrogens (tertiary/aromatic N) is 2. The van der Waals surface area contributed by atoms with Crippen LogP contribution >= 0.6 is 11.3 Å². The minimum absolute atomic E-state index is 0.0384. The van der Waals surface area contributed by atoms with Gasteiger partial charge < -0.3 is 10.1 Å². The van der Waals surface area contributed by atoms with Crippen molar-refractivity contribution in [1.82, 2.24) is 15.2 Å². The van der Waals surface area contributed by atoms with Crippen LogP contribution in [0.3, 0.4) is 0 Å². The molecule has 156 valence electrons. The summed E-state index contributed by atoms with van der Waals surface area (Å²) in [5.74, 6) is 0.867. The lowest BCUT2D eigenvalue weighted by atomic mass is 10.2. The summed E-state index contributed by atoms with van der Waals surface area (Å²) in [6.45, 7) is 5.42. The van der Waals surface area contributed by atoms with Gasteiger partial charge in [0.2, 0.25) is 5.91 Å². The third-order valence-electron chi connectivity index (χ3n) is 5.20. The zero-order chi connectivity index (χ0) is 20.8. The molecule has 2 heterocycles. The average molecular weight is 422 g/mol. The van der Waals surface area contributed by atoms with Crippen LogP contribution < -0.4 is 10.1 Å². The predicted molar refractivity (Wildman–Crippen MR) is 121 cm³/mol. The van der Waals surface area contributed by atoms with Crippen molar-refractivity contribution in [3.8, 4) is 16.3 Å². The average Bonchev–Trinajstić information content (AvgIpc) is 3.39. The molecule has 1 amide bonds. The molecule has 5 nitrogen and oxygen atoms in total. The molecule has 2 aromatic carbocycles. The van der Waals surface area contributed by atoms with Crippen LogP contribution in [0.15, 0.2) is 60.0 Å². The van der Waals surface area contributed by atoms with Crippen molar-refractivity contribution in [3.05, 3.63) is 71.2 Å². The second-order valence-electron chi connectivity index (χ2n) is 7.52. The third kappa shape index (κ3) is 5.26. The van der Waals surface area contributed by atoms with E-state index in [1.165, 1.54) is 5.56 Å². The van der Waals surface area contributed by atoms with E-state index in [1.54, 1.807) is 11.3 Å². The Bertz CT molecular complexity index is 973. The second-order valence-corrected chi connectivity index (χ2v) is 8.38. The molecule has 1 atom stereocenters. The number of aromatic nitrogens is 1. The quantitative estimate of drug-likeness (QED) is 0.594. The fraction of sp³-hybridized carbons (Fsp3) is 0.333. The van der Waals surface area contributed by atoms with Gasteiger partial charge in [0, 0.05) is 31.1 Å². The normalized spacial score (nSPS) is 16.5. The Kier molecular flexibility index (Phi) is 6.77. The number of amides is 1. The van der Waals surface area contributed by atoms with E-state index in [1.807, 2.05) is 42.6 Å². The smallest absolute Gasteiger partial charge is 0.226 e. The van der Waals surface area contributed by atoms with E-state index in [0.29, 0.717) is 13.0 Å². The highest BCUT2D eigenvalue weighted by Gasteiger charge is 2.24. The molecule has 6 heteroatoms. The molecule has 30 heavy (non-hydrogen) atoms. The van der Waals surface area contributed by atoms with Crippen LogP contribution in [-0.2, 0) is 17.8 Å². The summed E-state index contributed by atoms with van der Waals surface area (Å²) in [7, 11) is 0. The summed E-state index contributed by atoms with van der Waals surface area (Å²) < 4.78 is 5.71. The van der Waals surface area contributed by atoms with Gasteiger partial charge in [-0.3, -0.25) is 9.69 Å². The number of benzene rings is 2. The van der Waals surface area contributed by atoms with E-state index >= 15 is 0 Å². The number of carbonyl (C=O) groups is 1. The zero-order valence-electron chi connectivity index (χ0n) is 17.2. The molecule has 1 fully saturated rings. The molecule has 1 saturated heterocycles. The van der Waals surface area contributed by atoms with Crippen molar-refractivity contribution in [2.45, 2.75) is 32.4 Å². The first-order valence-corrected chi connectivity index (χ1v) is 11.3. The Hall–Kier alpha value is -2.70. The number of thiazole rings is 1. The van der Waals surface area contributed by atoms with Gasteiger partial charge in [-0.2, -0.15) is 0 Å². The standard InChI is InChI=1S/C24H27N3O2S/c1-2-29-22-11-7-6-10-21(22)24-26-20(17-30-24)14-23(28)25-19-12-13-27(16-19)15-18-8-4-3-5-9-18/h3-11,17,19H,2,12-16H2,1H3,(H,25,28)/t19-/m0/s1. The van der Waals surface area contributed by atoms with Crippen LogP contribution in [0.1, 0.15) is 24.6 Å². The van der Waals surface area contributed by atoms with E-state index in [-0.39, 0.29) is 11.9 Å². The molecule has 1 N–H and O–H groups in total. The Morgan fingerprint density at radius 2 is 2.00 bits per heavy atom. The molecule has 0 radical (unpaired) electrons. The fourth-order valence-corrected chi connectivity index (χ4v) is 4.66. The molecule has 1 aromatic heterocycles. The Labute approximate surface area is 181 Å². The van der Waals surface area contributed by atoms with Crippen molar-refractivity contribution >= 4 is 17.2 Å². The highest BCUT2D eigenvalue weighted by molar-refractivity contribution is 7.13. The van der Waals surface area contributed by atoms with Crippen LogP contribution in [0.5, 0.6) is 5.75 Å². The molecule has 1 aliphatic heterocycles. The lowest BCUT2D eigenvalue weighted by molar-refractivity contribution is -0.121. The van der Waals surface area contributed by atoms with Gasteiger partial charge in [0.15, 0.2) is 0 Å². The minimum Gasteiger partial charge on any atom is -0.493 e. The molecule has 1 aliphatic rings. The van der Waals surface area contributed by atoms with Gasteiger partial charge in [0.1, 0.15) is 10.8 Å². The first-order chi connectivity index (χ1) is 14.7. The highest BCUT2D eigenvalue weighted by atomic mass is 32.1. The molecule has 0 unspecified atom stereocenters. The first-order valence-electron chi connectivity index (χ1n) is 10.4. The lowest BCUT2D eigenvalue weighted by Crippen LogP contribution is -2.37. The fourth-order valence-electron chi connectivity index (χ4n) is 3.82. The molecular formula is C24H27N3O2S. The van der Waals surface area contributed by atoms with Crippen molar-refractivity contribution in [2.24, 2.45) is 0 Å². The number of carbonyl (C=O) groups excluding carboxylic acids is 1. The van der Waals surface area contributed by atoms with E-state index in [0.717, 1.165) is 48.1 Å². The van der Waals surface area contributed by atoms with Gasteiger partial charge in [-0.05, 0) is 31.0 Å².